The Bertz CT molecular complexity index is 587. The van der Waals surface area contributed by atoms with Crippen LogP contribution < -0.4 is 10.1 Å². The minimum absolute atomic E-state index is 0.156. The van der Waals surface area contributed by atoms with E-state index in [4.69, 9.17) is 4.74 Å². The van der Waals surface area contributed by atoms with Crippen molar-refractivity contribution in [1.82, 2.24) is 9.97 Å². The molecule has 1 heterocycles. The summed E-state index contributed by atoms with van der Waals surface area (Å²) in [4.78, 5) is 8.70. The molecular weight excluding hydrogens is 257 g/mol. The maximum Gasteiger partial charge on any atom is 0.224 e. The van der Waals surface area contributed by atoms with Crippen LogP contribution in [0.5, 0.6) is 11.6 Å². The fourth-order valence-electron chi connectivity index (χ4n) is 1.67. The maximum absolute atomic E-state index is 13.6. The molecule has 0 unspecified atom stereocenters. The van der Waals surface area contributed by atoms with Crippen LogP contribution in [0.4, 0.5) is 10.2 Å². The normalized spacial score (nSPS) is 10.7. The maximum atomic E-state index is 13.6. The van der Waals surface area contributed by atoms with Gasteiger partial charge in [0.2, 0.25) is 5.88 Å². The van der Waals surface area contributed by atoms with Crippen molar-refractivity contribution < 1.29 is 9.13 Å². The topological polar surface area (TPSA) is 47.0 Å². The van der Waals surface area contributed by atoms with Crippen LogP contribution in [0.25, 0.3) is 0 Å². The Balaban J connectivity index is 2.33. The lowest BCUT2D eigenvalue weighted by Crippen LogP contribution is -2.06. The average molecular weight is 275 g/mol. The monoisotopic (exact) mass is 275 g/mol. The van der Waals surface area contributed by atoms with E-state index in [-0.39, 0.29) is 11.7 Å². The molecule has 0 radical (unpaired) electrons. The molecule has 0 saturated carbocycles. The van der Waals surface area contributed by atoms with E-state index in [2.05, 4.69) is 15.3 Å². The highest BCUT2D eigenvalue weighted by atomic mass is 19.1. The van der Waals surface area contributed by atoms with Crippen LogP contribution in [0.1, 0.15) is 32.5 Å². The van der Waals surface area contributed by atoms with Crippen LogP contribution in [0.2, 0.25) is 0 Å². The van der Waals surface area contributed by atoms with E-state index >= 15 is 0 Å². The standard InChI is InChI=1S/C15H18FN3O/c1-4-17-13-9-14(19-15(18-13)10(2)3)20-12-8-6-5-7-11(12)16/h5-10H,4H2,1-3H3,(H,17,18,19). The van der Waals surface area contributed by atoms with Crippen LogP contribution in [-0.4, -0.2) is 16.5 Å². The van der Waals surface area contributed by atoms with Gasteiger partial charge in [0.25, 0.3) is 0 Å². The molecule has 0 fully saturated rings. The number of nitrogens with zero attached hydrogens (tertiary/aromatic N) is 2. The first-order valence-corrected chi connectivity index (χ1v) is 6.65. The second-order valence-electron chi connectivity index (χ2n) is 4.67. The molecule has 1 N–H and O–H groups in total. The molecule has 5 heteroatoms. The molecule has 2 rings (SSSR count). The third-order valence-electron chi connectivity index (χ3n) is 2.65. The van der Waals surface area contributed by atoms with Crippen molar-refractivity contribution in [2.75, 3.05) is 11.9 Å². The number of hydrogen-bond donors (Lipinski definition) is 1. The summed E-state index contributed by atoms with van der Waals surface area (Å²) in [6.45, 7) is 6.72. The molecule has 0 aliphatic rings. The summed E-state index contributed by atoms with van der Waals surface area (Å²) in [5.74, 6) is 1.58. The van der Waals surface area contributed by atoms with E-state index < -0.39 is 5.82 Å². The lowest BCUT2D eigenvalue weighted by atomic mass is 10.2. The predicted octanol–water partition coefficient (Wildman–Crippen LogP) is 3.96. The molecule has 106 valence electrons. The molecule has 20 heavy (non-hydrogen) atoms. The van der Waals surface area contributed by atoms with E-state index in [1.54, 1.807) is 24.3 Å². The van der Waals surface area contributed by atoms with Crippen LogP contribution in [-0.2, 0) is 0 Å². The van der Waals surface area contributed by atoms with Gasteiger partial charge in [0.15, 0.2) is 11.6 Å². The van der Waals surface area contributed by atoms with Crippen LogP contribution in [0.15, 0.2) is 30.3 Å². The van der Waals surface area contributed by atoms with Crippen molar-refractivity contribution in [2.24, 2.45) is 0 Å². The molecular formula is C15H18FN3O. The number of anilines is 1. The highest BCUT2D eigenvalue weighted by Crippen LogP contribution is 2.25. The molecule has 0 amide bonds. The van der Waals surface area contributed by atoms with Gasteiger partial charge in [0, 0.05) is 18.5 Å². The minimum atomic E-state index is -0.415. The number of rotatable bonds is 5. The van der Waals surface area contributed by atoms with Gasteiger partial charge >= 0.3 is 0 Å². The van der Waals surface area contributed by atoms with Crippen molar-refractivity contribution in [1.29, 1.82) is 0 Å². The molecule has 2 aromatic rings. The van der Waals surface area contributed by atoms with Gasteiger partial charge in [-0.05, 0) is 19.1 Å². The molecule has 0 atom stereocenters. The summed E-state index contributed by atoms with van der Waals surface area (Å²) in [6, 6.07) is 7.92. The van der Waals surface area contributed by atoms with Gasteiger partial charge in [-0.3, -0.25) is 0 Å². The fraction of sp³-hybridized carbons (Fsp3) is 0.333. The zero-order valence-corrected chi connectivity index (χ0v) is 11.9. The summed E-state index contributed by atoms with van der Waals surface area (Å²) >= 11 is 0. The first-order valence-electron chi connectivity index (χ1n) is 6.65. The number of nitrogens with one attached hydrogen (secondary N) is 1. The molecule has 1 aromatic heterocycles. The van der Waals surface area contributed by atoms with E-state index in [0.717, 1.165) is 6.54 Å². The van der Waals surface area contributed by atoms with Crippen molar-refractivity contribution in [3.63, 3.8) is 0 Å². The summed E-state index contributed by atoms with van der Waals surface area (Å²) in [5.41, 5.74) is 0. The van der Waals surface area contributed by atoms with Crippen molar-refractivity contribution in [2.45, 2.75) is 26.7 Å². The molecule has 0 aliphatic heterocycles. The smallest absolute Gasteiger partial charge is 0.224 e. The summed E-state index contributed by atoms with van der Waals surface area (Å²) in [7, 11) is 0. The van der Waals surface area contributed by atoms with E-state index in [1.165, 1.54) is 6.07 Å². The Morgan fingerprint density at radius 1 is 1.25 bits per heavy atom. The largest absolute Gasteiger partial charge is 0.436 e. The second kappa shape index (κ2) is 6.32. The molecule has 4 nitrogen and oxygen atoms in total. The zero-order valence-electron chi connectivity index (χ0n) is 11.9. The highest BCUT2D eigenvalue weighted by Gasteiger charge is 2.11. The van der Waals surface area contributed by atoms with Crippen molar-refractivity contribution in [3.8, 4) is 11.6 Å². The summed E-state index contributed by atoms with van der Waals surface area (Å²) in [5, 5.41) is 3.12. The highest BCUT2D eigenvalue weighted by molar-refractivity contribution is 5.40. The zero-order chi connectivity index (χ0) is 14.5. The van der Waals surface area contributed by atoms with Gasteiger partial charge < -0.3 is 10.1 Å². The molecule has 0 saturated heterocycles. The Labute approximate surface area is 118 Å². The molecule has 0 spiro atoms. The SMILES string of the molecule is CCNc1cc(Oc2ccccc2F)nc(C(C)C)n1. The number of ether oxygens (including phenoxy) is 1. The lowest BCUT2D eigenvalue weighted by Gasteiger charge is -2.11. The Morgan fingerprint density at radius 2 is 2.00 bits per heavy atom. The van der Waals surface area contributed by atoms with E-state index in [9.17, 15) is 4.39 Å². The summed E-state index contributed by atoms with van der Waals surface area (Å²) in [6.07, 6.45) is 0. The molecule has 1 aromatic carbocycles. The number of hydrogen-bond acceptors (Lipinski definition) is 4. The Kier molecular flexibility index (Phi) is 4.50. The van der Waals surface area contributed by atoms with Crippen LogP contribution in [0, 0.1) is 5.82 Å². The first-order chi connectivity index (χ1) is 9.60. The number of para-hydroxylation sites is 1. The predicted molar refractivity (Wildman–Crippen MR) is 76.8 cm³/mol. The Hall–Kier alpha value is -2.17. The van der Waals surface area contributed by atoms with Crippen LogP contribution >= 0.6 is 0 Å². The van der Waals surface area contributed by atoms with Gasteiger partial charge in [-0.25, -0.2) is 9.37 Å². The average Bonchev–Trinajstić information content (AvgIpc) is 2.41. The molecule has 0 bridgehead atoms. The third-order valence-corrected chi connectivity index (χ3v) is 2.65. The third kappa shape index (κ3) is 3.44. The Morgan fingerprint density at radius 3 is 2.65 bits per heavy atom. The fourth-order valence-corrected chi connectivity index (χ4v) is 1.67. The summed E-state index contributed by atoms with van der Waals surface area (Å²) < 4.78 is 19.1. The van der Waals surface area contributed by atoms with E-state index in [0.29, 0.717) is 17.5 Å². The van der Waals surface area contributed by atoms with Gasteiger partial charge in [0.05, 0.1) is 0 Å². The lowest BCUT2D eigenvalue weighted by molar-refractivity contribution is 0.423. The number of aromatic nitrogens is 2. The quantitative estimate of drug-likeness (QED) is 0.897. The van der Waals surface area contributed by atoms with Gasteiger partial charge in [-0.1, -0.05) is 26.0 Å². The van der Waals surface area contributed by atoms with Crippen molar-refractivity contribution >= 4 is 5.82 Å². The van der Waals surface area contributed by atoms with E-state index in [1.807, 2.05) is 20.8 Å². The number of halogens is 1. The van der Waals surface area contributed by atoms with Crippen molar-refractivity contribution in [3.05, 3.63) is 42.0 Å². The second-order valence-corrected chi connectivity index (χ2v) is 4.67. The minimum Gasteiger partial charge on any atom is -0.436 e. The first kappa shape index (κ1) is 14.2. The van der Waals surface area contributed by atoms with Gasteiger partial charge in [-0.15, -0.1) is 0 Å². The molecule has 0 aliphatic carbocycles. The number of benzene rings is 1. The van der Waals surface area contributed by atoms with Crippen LogP contribution in [0.3, 0.4) is 0 Å². The van der Waals surface area contributed by atoms with Gasteiger partial charge in [0.1, 0.15) is 11.6 Å². The van der Waals surface area contributed by atoms with Gasteiger partial charge in [-0.2, -0.15) is 4.98 Å².